The van der Waals surface area contributed by atoms with E-state index < -0.39 is 0 Å². The molecule has 8 nitrogen and oxygen atoms in total. The quantitative estimate of drug-likeness (QED) is 0.157. The monoisotopic (exact) mass is 453 g/mol. The zero-order valence-corrected chi connectivity index (χ0v) is 18.5. The Balaban J connectivity index is 1.44. The van der Waals surface area contributed by atoms with Crippen molar-refractivity contribution < 1.29 is 24.9 Å². The van der Waals surface area contributed by atoms with Crippen LogP contribution in [-0.2, 0) is 9.59 Å². The third kappa shape index (κ3) is 10.9. The lowest BCUT2D eigenvalue weighted by molar-refractivity contribution is -0.117. The zero-order valence-electron chi connectivity index (χ0n) is 18.5. The van der Waals surface area contributed by atoms with Crippen LogP contribution in [0.5, 0.6) is 17.2 Å². The normalized spacial score (nSPS) is 11.2. The van der Waals surface area contributed by atoms with Crippen LogP contribution in [-0.4, -0.2) is 53.3 Å². The number of carbonyl (C=O) groups is 2. The third-order valence-corrected chi connectivity index (χ3v) is 4.66. The van der Waals surface area contributed by atoms with Crippen molar-refractivity contribution >= 4 is 24.0 Å². The summed E-state index contributed by atoms with van der Waals surface area (Å²) in [4.78, 5) is 23.6. The molecule has 0 unspecified atom stereocenters. The number of unbranched alkanes of at least 4 members (excludes halogenated alkanes) is 1. The van der Waals surface area contributed by atoms with E-state index in [1.807, 2.05) is 0 Å². The Hall–Kier alpha value is -3.78. The summed E-state index contributed by atoms with van der Waals surface area (Å²) in [5.41, 5.74) is 1.46. The molecular weight excluding hydrogens is 422 g/mol. The topological polar surface area (TPSA) is 131 Å². The molecule has 176 valence electrons. The summed E-state index contributed by atoms with van der Waals surface area (Å²) in [7, 11) is 0. The number of nitrogens with one attached hydrogen (secondary N) is 3. The maximum absolute atomic E-state index is 11.8. The predicted octanol–water partition coefficient (Wildman–Crippen LogP) is 2.52. The van der Waals surface area contributed by atoms with Gasteiger partial charge in [0.05, 0.1) is 0 Å². The fourth-order valence-corrected chi connectivity index (χ4v) is 2.83. The molecule has 2 rings (SSSR count). The van der Waals surface area contributed by atoms with Crippen LogP contribution in [0.1, 0.15) is 30.4 Å². The van der Waals surface area contributed by atoms with Crippen LogP contribution in [0.3, 0.4) is 0 Å². The van der Waals surface area contributed by atoms with E-state index in [1.54, 1.807) is 42.5 Å². The molecule has 0 saturated heterocycles. The highest BCUT2D eigenvalue weighted by molar-refractivity contribution is 5.92. The molecule has 0 spiro atoms. The largest absolute Gasteiger partial charge is 0.508 e. The average molecular weight is 454 g/mol. The van der Waals surface area contributed by atoms with Gasteiger partial charge in [0, 0.05) is 25.2 Å². The fraction of sp³-hybridized carbons (Fsp3) is 0.280. The highest BCUT2D eigenvalue weighted by Gasteiger charge is 2.00. The number of hydrogen-bond donors (Lipinski definition) is 6. The Kier molecular flexibility index (Phi) is 11.1. The van der Waals surface area contributed by atoms with E-state index in [0.29, 0.717) is 18.7 Å². The minimum atomic E-state index is -0.227. The smallest absolute Gasteiger partial charge is 0.243 e. The number of benzene rings is 2. The van der Waals surface area contributed by atoms with Gasteiger partial charge in [0.1, 0.15) is 5.75 Å². The van der Waals surface area contributed by atoms with Crippen LogP contribution in [0.4, 0.5) is 0 Å². The highest BCUT2D eigenvalue weighted by Crippen LogP contribution is 2.25. The Morgan fingerprint density at radius 3 is 1.88 bits per heavy atom. The summed E-state index contributed by atoms with van der Waals surface area (Å²) < 4.78 is 0. The van der Waals surface area contributed by atoms with E-state index in [9.17, 15) is 24.9 Å². The van der Waals surface area contributed by atoms with Crippen molar-refractivity contribution in [3.8, 4) is 17.2 Å². The van der Waals surface area contributed by atoms with E-state index in [1.165, 1.54) is 24.3 Å². The maximum atomic E-state index is 11.8. The first-order valence-electron chi connectivity index (χ1n) is 10.9. The number of rotatable bonds is 13. The lowest BCUT2D eigenvalue weighted by Crippen LogP contribution is -2.27. The molecule has 0 bridgehead atoms. The van der Waals surface area contributed by atoms with Gasteiger partial charge in [0.15, 0.2) is 11.5 Å². The van der Waals surface area contributed by atoms with Gasteiger partial charge in [-0.3, -0.25) is 9.59 Å². The number of aromatic hydroxyl groups is 3. The molecule has 0 aliphatic carbocycles. The summed E-state index contributed by atoms with van der Waals surface area (Å²) in [5.74, 6) is -0.611. The molecular formula is C25H31N3O5. The average Bonchev–Trinajstić information content (AvgIpc) is 2.80. The predicted molar refractivity (Wildman–Crippen MR) is 129 cm³/mol. The van der Waals surface area contributed by atoms with E-state index in [-0.39, 0.29) is 29.1 Å². The van der Waals surface area contributed by atoms with E-state index in [2.05, 4.69) is 16.0 Å². The second kappa shape index (κ2) is 14.3. The van der Waals surface area contributed by atoms with Crippen LogP contribution in [0, 0.1) is 0 Å². The molecule has 0 fully saturated rings. The van der Waals surface area contributed by atoms with Crippen LogP contribution in [0.15, 0.2) is 54.6 Å². The molecule has 2 aromatic carbocycles. The lowest BCUT2D eigenvalue weighted by atomic mass is 10.2. The minimum Gasteiger partial charge on any atom is -0.508 e. The molecule has 0 saturated carbocycles. The van der Waals surface area contributed by atoms with Gasteiger partial charge in [-0.15, -0.1) is 0 Å². The lowest BCUT2D eigenvalue weighted by Gasteiger charge is -2.06. The summed E-state index contributed by atoms with van der Waals surface area (Å²) in [6.45, 7) is 2.76. The van der Waals surface area contributed by atoms with Crippen LogP contribution < -0.4 is 16.0 Å². The molecule has 0 radical (unpaired) electrons. The molecule has 8 heteroatoms. The highest BCUT2D eigenvalue weighted by atomic mass is 16.3. The van der Waals surface area contributed by atoms with Crippen molar-refractivity contribution in [2.24, 2.45) is 0 Å². The maximum Gasteiger partial charge on any atom is 0.243 e. The molecule has 2 aromatic rings. The van der Waals surface area contributed by atoms with Crippen molar-refractivity contribution in [2.45, 2.75) is 19.3 Å². The molecule has 6 N–H and O–H groups in total. The van der Waals surface area contributed by atoms with Crippen LogP contribution in [0.2, 0.25) is 0 Å². The molecule has 0 heterocycles. The molecule has 0 atom stereocenters. The number of carbonyl (C=O) groups excluding carboxylic acids is 2. The third-order valence-electron chi connectivity index (χ3n) is 4.66. The number of amides is 2. The van der Waals surface area contributed by atoms with E-state index in [4.69, 9.17) is 0 Å². The first kappa shape index (κ1) is 25.5. The Labute approximate surface area is 193 Å². The summed E-state index contributed by atoms with van der Waals surface area (Å²) in [5, 5.41) is 36.9. The first-order chi connectivity index (χ1) is 15.9. The van der Waals surface area contributed by atoms with Crippen LogP contribution >= 0.6 is 0 Å². The van der Waals surface area contributed by atoms with Gasteiger partial charge >= 0.3 is 0 Å². The van der Waals surface area contributed by atoms with Crippen molar-refractivity contribution in [2.75, 3.05) is 26.2 Å². The number of hydrogen-bond acceptors (Lipinski definition) is 6. The van der Waals surface area contributed by atoms with Crippen LogP contribution in [0.25, 0.3) is 12.2 Å². The first-order valence-corrected chi connectivity index (χ1v) is 10.9. The zero-order chi connectivity index (χ0) is 23.9. The van der Waals surface area contributed by atoms with Gasteiger partial charge in [0.2, 0.25) is 11.8 Å². The van der Waals surface area contributed by atoms with E-state index >= 15 is 0 Å². The molecule has 0 aromatic heterocycles. The Morgan fingerprint density at radius 1 is 0.667 bits per heavy atom. The summed E-state index contributed by atoms with van der Waals surface area (Å²) in [6.07, 6.45) is 8.68. The van der Waals surface area contributed by atoms with Gasteiger partial charge in [-0.05, 0) is 79.9 Å². The van der Waals surface area contributed by atoms with Crippen molar-refractivity contribution in [1.82, 2.24) is 16.0 Å². The van der Waals surface area contributed by atoms with Gasteiger partial charge in [0.25, 0.3) is 0 Å². The van der Waals surface area contributed by atoms with Gasteiger partial charge < -0.3 is 31.3 Å². The van der Waals surface area contributed by atoms with Gasteiger partial charge in [-0.25, -0.2) is 0 Å². The number of phenolic OH excluding ortho intramolecular Hbond substituents is 3. The second-order valence-corrected chi connectivity index (χ2v) is 7.40. The minimum absolute atomic E-state index is 0.157. The standard InChI is InChI=1S/C25H31N3O5/c29-21-9-4-19(5-10-21)7-12-24(32)28-17-3-15-26-14-1-2-16-27-25(33)13-8-20-6-11-22(30)23(31)18-20/h4-13,18,26,29-31H,1-3,14-17H2,(H,27,33)(H,28,32)/b12-7+,13-8+. The number of phenols is 3. The van der Waals surface area contributed by atoms with Crippen molar-refractivity contribution in [3.05, 3.63) is 65.7 Å². The van der Waals surface area contributed by atoms with Crippen molar-refractivity contribution in [1.29, 1.82) is 0 Å². The van der Waals surface area contributed by atoms with Gasteiger partial charge in [-0.2, -0.15) is 0 Å². The Bertz CT molecular complexity index is 955. The molecule has 0 aliphatic rings. The summed E-state index contributed by atoms with van der Waals surface area (Å²) >= 11 is 0. The van der Waals surface area contributed by atoms with Crippen molar-refractivity contribution in [3.63, 3.8) is 0 Å². The molecule has 0 aliphatic heterocycles. The van der Waals surface area contributed by atoms with Gasteiger partial charge in [-0.1, -0.05) is 18.2 Å². The fourth-order valence-electron chi connectivity index (χ4n) is 2.83. The summed E-state index contributed by atoms with van der Waals surface area (Å²) in [6, 6.07) is 11.0. The second-order valence-electron chi connectivity index (χ2n) is 7.40. The molecule has 2 amide bonds. The molecule has 33 heavy (non-hydrogen) atoms. The van der Waals surface area contributed by atoms with E-state index in [0.717, 1.165) is 37.9 Å². The SMILES string of the molecule is O=C(/C=C/c1ccc(O)c(O)c1)NCCCCNCCCNC(=O)/C=C/c1ccc(O)cc1. The Morgan fingerprint density at radius 2 is 1.21 bits per heavy atom.